The summed E-state index contributed by atoms with van der Waals surface area (Å²) in [4.78, 5) is 0. The molecule has 0 spiro atoms. The molecule has 25 heavy (non-hydrogen) atoms. The van der Waals surface area contributed by atoms with Crippen LogP contribution in [0.2, 0.25) is 0 Å². The highest BCUT2D eigenvalue weighted by atomic mass is 31.2. The predicted molar refractivity (Wildman–Crippen MR) is 109 cm³/mol. The molecular weight excluding hydrogens is 323 g/mol. The van der Waals surface area contributed by atoms with E-state index in [-0.39, 0.29) is 5.85 Å². The molecule has 1 fully saturated rings. The minimum atomic E-state index is -1.85. The lowest BCUT2D eigenvalue weighted by molar-refractivity contribution is 0.0689. The van der Waals surface area contributed by atoms with E-state index < -0.39 is 7.26 Å². The number of hydrogen-bond donors (Lipinski definition) is 0. The highest BCUT2D eigenvalue weighted by Crippen LogP contribution is 2.61. The zero-order valence-electron chi connectivity index (χ0n) is 14.4. The van der Waals surface area contributed by atoms with Gasteiger partial charge in [0.25, 0.3) is 0 Å². The average molecular weight is 347 g/mol. The van der Waals surface area contributed by atoms with Crippen LogP contribution in [0.5, 0.6) is 0 Å². The Kier molecular flexibility index (Phi) is 4.97. The van der Waals surface area contributed by atoms with Crippen LogP contribution < -0.4 is 15.9 Å². The maximum atomic E-state index is 6.46. The largest absolute Gasteiger partial charge is 0.343 e. The average Bonchev–Trinajstić information content (AvgIpc) is 2.72. The Bertz CT molecular complexity index is 683. The molecule has 1 nitrogen and oxygen atoms in total. The highest BCUT2D eigenvalue weighted by molar-refractivity contribution is 7.96. The normalized spacial score (nSPS) is 18.0. The van der Waals surface area contributed by atoms with E-state index in [9.17, 15) is 0 Å². The summed E-state index contributed by atoms with van der Waals surface area (Å²) in [5.74, 6) is 0.258. The van der Waals surface area contributed by atoms with Gasteiger partial charge in [0, 0.05) is 6.42 Å². The molecule has 2 heteroatoms. The Morgan fingerprint density at radius 1 is 0.600 bits per heavy atom. The van der Waals surface area contributed by atoms with Crippen molar-refractivity contribution >= 4 is 23.2 Å². The first-order valence-corrected chi connectivity index (χ1v) is 11.0. The summed E-state index contributed by atoms with van der Waals surface area (Å²) in [7, 11) is -1.85. The van der Waals surface area contributed by atoms with Crippen LogP contribution in [-0.4, -0.2) is 12.5 Å². The smallest absolute Gasteiger partial charge is 0.181 e. The van der Waals surface area contributed by atoms with E-state index >= 15 is 0 Å². The van der Waals surface area contributed by atoms with E-state index in [0.717, 1.165) is 13.0 Å². The van der Waals surface area contributed by atoms with Gasteiger partial charge in [0.2, 0.25) is 0 Å². The summed E-state index contributed by atoms with van der Waals surface area (Å²) in [5.41, 5.74) is 0. The van der Waals surface area contributed by atoms with E-state index in [0.29, 0.717) is 0 Å². The lowest BCUT2D eigenvalue weighted by atomic mass is 10.2. The van der Waals surface area contributed by atoms with Crippen LogP contribution in [0, 0.1) is 0 Å². The molecular formula is C23H24OP+. The standard InChI is InChI=1S/C23H24OP/c1-4-12-20(13-5-1)25(21-14-6-2-7-15-21,22-16-8-3-9-17-22)23-18-10-11-19-24-23/h1-9,12-17,23H,10-11,18-19H2/q+1. The van der Waals surface area contributed by atoms with Crippen LogP contribution in [-0.2, 0) is 4.74 Å². The molecule has 1 aliphatic heterocycles. The lowest BCUT2D eigenvalue weighted by Gasteiger charge is -2.36. The van der Waals surface area contributed by atoms with Gasteiger partial charge >= 0.3 is 0 Å². The Balaban J connectivity index is 2.01. The molecule has 0 radical (unpaired) electrons. The summed E-state index contributed by atoms with van der Waals surface area (Å²) in [6.45, 7) is 0.874. The van der Waals surface area contributed by atoms with E-state index in [1.54, 1.807) is 0 Å². The minimum Gasteiger partial charge on any atom is -0.343 e. The summed E-state index contributed by atoms with van der Waals surface area (Å²) in [6, 6.07) is 33.1. The van der Waals surface area contributed by atoms with Crippen molar-refractivity contribution in [2.24, 2.45) is 0 Å². The van der Waals surface area contributed by atoms with E-state index in [2.05, 4.69) is 91.0 Å². The van der Waals surface area contributed by atoms with Gasteiger partial charge in [0.15, 0.2) is 5.85 Å². The predicted octanol–water partition coefficient (Wildman–Crippen LogP) is 4.51. The quantitative estimate of drug-likeness (QED) is 0.631. The van der Waals surface area contributed by atoms with Crippen molar-refractivity contribution in [3.8, 4) is 0 Å². The second-order valence-corrected chi connectivity index (χ2v) is 10.1. The monoisotopic (exact) mass is 347 g/mol. The maximum absolute atomic E-state index is 6.46. The topological polar surface area (TPSA) is 9.23 Å². The molecule has 1 aliphatic rings. The van der Waals surface area contributed by atoms with Crippen LogP contribution in [0.3, 0.4) is 0 Å². The van der Waals surface area contributed by atoms with Gasteiger partial charge in [-0.3, -0.25) is 0 Å². The molecule has 1 heterocycles. The van der Waals surface area contributed by atoms with Gasteiger partial charge in [-0.2, -0.15) is 0 Å². The van der Waals surface area contributed by atoms with Crippen molar-refractivity contribution in [1.29, 1.82) is 0 Å². The van der Waals surface area contributed by atoms with Gasteiger partial charge in [-0.25, -0.2) is 0 Å². The Labute approximate surface area is 151 Å². The van der Waals surface area contributed by atoms with Crippen LogP contribution in [0.25, 0.3) is 0 Å². The zero-order valence-corrected chi connectivity index (χ0v) is 15.3. The number of benzene rings is 3. The number of hydrogen-bond acceptors (Lipinski definition) is 1. The van der Waals surface area contributed by atoms with Gasteiger partial charge in [0.05, 0.1) is 6.61 Å². The second-order valence-electron chi connectivity index (χ2n) is 6.55. The second kappa shape index (κ2) is 7.52. The van der Waals surface area contributed by atoms with Crippen molar-refractivity contribution < 1.29 is 4.74 Å². The molecule has 3 aromatic rings. The fourth-order valence-electron chi connectivity index (χ4n) is 3.96. The Morgan fingerprint density at radius 2 is 1.04 bits per heavy atom. The molecule has 1 atom stereocenters. The molecule has 0 aliphatic carbocycles. The molecule has 0 bridgehead atoms. The van der Waals surface area contributed by atoms with E-state index in [4.69, 9.17) is 4.74 Å². The fourth-order valence-corrected chi connectivity index (χ4v) is 8.68. The molecule has 0 N–H and O–H groups in total. The van der Waals surface area contributed by atoms with Crippen molar-refractivity contribution in [3.05, 3.63) is 91.0 Å². The molecule has 0 saturated carbocycles. The van der Waals surface area contributed by atoms with Crippen molar-refractivity contribution in [2.45, 2.75) is 25.1 Å². The van der Waals surface area contributed by atoms with Gasteiger partial charge in [0.1, 0.15) is 23.2 Å². The first-order chi connectivity index (χ1) is 12.4. The molecule has 0 aromatic heterocycles. The minimum absolute atomic E-state index is 0.258. The molecule has 0 amide bonds. The van der Waals surface area contributed by atoms with Crippen LogP contribution >= 0.6 is 7.26 Å². The third-order valence-corrected chi connectivity index (χ3v) is 9.69. The SMILES string of the molecule is c1ccc([P+](c2ccccc2)(c2ccccc2)C2CCCCO2)cc1. The van der Waals surface area contributed by atoms with E-state index in [1.807, 2.05) is 0 Å². The maximum Gasteiger partial charge on any atom is 0.181 e. The first kappa shape index (κ1) is 16.5. The van der Waals surface area contributed by atoms with E-state index in [1.165, 1.54) is 28.8 Å². The van der Waals surface area contributed by atoms with Crippen molar-refractivity contribution in [3.63, 3.8) is 0 Å². The fraction of sp³-hybridized carbons (Fsp3) is 0.217. The molecule has 3 aromatic carbocycles. The molecule has 4 rings (SSSR count). The lowest BCUT2D eigenvalue weighted by Crippen LogP contribution is -2.41. The van der Waals surface area contributed by atoms with Crippen LogP contribution in [0.1, 0.15) is 19.3 Å². The first-order valence-electron chi connectivity index (χ1n) is 9.09. The Morgan fingerprint density at radius 3 is 1.40 bits per heavy atom. The summed E-state index contributed by atoms with van der Waals surface area (Å²) in [6.07, 6.45) is 3.56. The zero-order chi connectivity index (χ0) is 17.0. The van der Waals surface area contributed by atoms with Gasteiger partial charge in [-0.1, -0.05) is 54.6 Å². The van der Waals surface area contributed by atoms with Gasteiger partial charge in [-0.15, -0.1) is 0 Å². The number of ether oxygens (including phenoxy) is 1. The summed E-state index contributed by atoms with van der Waals surface area (Å²) in [5, 5.41) is 4.25. The van der Waals surface area contributed by atoms with Crippen LogP contribution in [0.15, 0.2) is 91.0 Å². The summed E-state index contributed by atoms with van der Waals surface area (Å²) < 4.78 is 6.46. The van der Waals surface area contributed by atoms with Crippen LogP contribution in [0.4, 0.5) is 0 Å². The van der Waals surface area contributed by atoms with Gasteiger partial charge < -0.3 is 4.74 Å². The molecule has 126 valence electrons. The van der Waals surface area contributed by atoms with Crippen molar-refractivity contribution in [2.75, 3.05) is 6.61 Å². The third-order valence-electron chi connectivity index (χ3n) is 5.08. The highest BCUT2D eigenvalue weighted by Gasteiger charge is 2.53. The summed E-state index contributed by atoms with van der Waals surface area (Å²) >= 11 is 0. The number of rotatable bonds is 4. The van der Waals surface area contributed by atoms with Gasteiger partial charge in [-0.05, 0) is 49.2 Å². The third kappa shape index (κ3) is 3.03. The Hall–Kier alpha value is -1.95. The van der Waals surface area contributed by atoms with Crippen molar-refractivity contribution in [1.82, 2.24) is 0 Å². The molecule has 1 saturated heterocycles. The molecule has 1 unspecified atom stereocenters.